The summed E-state index contributed by atoms with van der Waals surface area (Å²) in [6.45, 7) is 5.60. The molecule has 0 bridgehead atoms. The van der Waals surface area contributed by atoms with Crippen molar-refractivity contribution in [3.05, 3.63) is 0 Å². The Morgan fingerprint density at radius 3 is 2.47 bits per heavy atom. The lowest BCUT2D eigenvalue weighted by Crippen LogP contribution is -2.37. The molecule has 0 aromatic rings. The molecule has 0 amide bonds. The van der Waals surface area contributed by atoms with Crippen LogP contribution in [0.5, 0.6) is 0 Å². The fourth-order valence-corrected chi connectivity index (χ4v) is 2.61. The predicted octanol–water partition coefficient (Wildman–Crippen LogP) is 3.22. The molecule has 0 heterocycles. The smallest absolute Gasteiger partial charge is 0.0589 e. The molecule has 1 rings (SSSR count). The van der Waals surface area contributed by atoms with Gasteiger partial charge in [0.2, 0.25) is 0 Å². The molecule has 1 atom stereocenters. The van der Waals surface area contributed by atoms with Gasteiger partial charge in [-0.05, 0) is 50.8 Å². The van der Waals surface area contributed by atoms with Gasteiger partial charge in [0.25, 0.3) is 0 Å². The molecule has 1 unspecified atom stereocenters. The van der Waals surface area contributed by atoms with E-state index in [1.54, 1.807) is 7.11 Å². The maximum atomic E-state index is 5.22. The predicted molar refractivity (Wildman–Crippen MR) is 78.0 cm³/mol. The lowest BCUT2D eigenvalue weighted by Gasteiger charge is -2.29. The molecular weight excluding hydrogens is 230 g/mol. The van der Waals surface area contributed by atoms with Crippen molar-refractivity contribution in [3.8, 4) is 0 Å². The highest BCUT2D eigenvalue weighted by molar-refractivity contribution is 7.80. The summed E-state index contributed by atoms with van der Waals surface area (Å²) in [5.41, 5.74) is 0. The molecular formula is C14H29NOS. The fraction of sp³-hybridized carbons (Fsp3) is 1.00. The van der Waals surface area contributed by atoms with Crippen LogP contribution in [-0.4, -0.2) is 43.5 Å². The summed E-state index contributed by atoms with van der Waals surface area (Å²) in [7, 11) is 1.80. The van der Waals surface area contributed by atoms with Gasteiger partial charge >= 0.3 is 0 Å². The number of methoxy groups -OCH3 is 1. The van der Waals surface area contributed by atoms with E-state index in [2.05, 4.69) is 24.5 Å². The van der Waals surface area contributed by atoms with E-state index in [9.17, 15) is 0 Å². The third-order valence-electron chi connectivity index (χ3n) is 3.82. The Bertz CT molecular complexity index is 185. The summed E-state index contributed by atoms with van der Waals surface area (Å²) in [6, 6.07) is 0.759. The molecule has 17 heavy (non-hydrogen) atoms. The van der Waals surface area contributed by atoms with E-state index in [0.717, 1.165) is 30.9 Å². The Morgan fingerprint density at radius 1 is 1.18 bits per heavy atom. The van der Waals surface area contributed by atoms with Crippen molar-refractivity contribution in [2.75, 3.05) is 32.6 Å². The number of thiol groups is 1. The van der Waals surface area contributed by atoms with Crippen molar-refractivity contribution in [1.82, 2.24) is 4.90 Å². The quantitative estimate of drug-likeness (QED) is 0.452. The van der Waals surface area contributed by atoms with Crippen molar-refractivity contribution in [2.45, 2.75) is 51.5 Å². The van der Waals surface area contributed by atoms with Gasteiger partial charge in [0.15, 0.2) is 0 Å². The van der Waals surface area contributed by atoms with Crippen LogP contribution in [0.3, 0.4) is 0 Å². The van der Waals surface area contributed by atoms with Crippen molar-refractivity contribution < 1.29 is 4.74 Å². The molecule has 0 saturated heterocycles. The van der Waals surface area contributed by atoms with E-state index in [1.807, 2.05) is 0 Å². The zero-order valence-electron chi connectivity index (χ0n) is 11.5. The van der Waals surface area contributed by atoms with Crippen molar-refractivity contribution in [3.63, 3.8) is 0 Å². The van der Waals surface area contributed by atoms with Gasteiger partial charge in [-0.1, -0.05) is 12.8 Å². The van der Waals surface area contributed by atoms with Crippen LogP contribution in [0.1, 0.15) is 45.4 Å². The topological polar surface area (TPSA) is 12.5 Å². The highest BCUT2D eigenvalue weighted by atomic mass is 32.1. The van der Waals surface area contributed by atoms with Crippen LogP contribution in [0.25, 0.3) is 0 Å². The highest BCUT2D eigenvalue weighted by Gasteiger charge is 2.31. The van der Waals surface area contributed by atoms with E-state index >= 15 is 0 Å². The van der Waals surface area contributed by atoms with Gasteiger partial charge in [0.1, 0.15) is 0 Å². The number of ether oxygens (including phenoxy) is 1. The average Bonchev–Trinajstić information content (AvgIpc) is 3.16. The highest BCUT2D eigenvalue weighted by Crippen LogP contribution is 2.35. The van der Waals surface area contributed by atoms with Crippen molar-refractivity contribution >= 4 is 12.6 Å². The maximum Gasteiger partial charge on any atom is 0.0589 e. The summed E-state index contributed by atoms with van der Waals surface area (Å²) < 4.78 is 5.22. The Balaban J connectivity index is 2.15. The van der Waals surface area contributed by atoms with E-state index in [0.29, 0.717) is 0 Å². The Kier molecular flexibility index (Phi) is 8.33. The van der Waals surface area contributed by atoms with Gasteiger partial charge in [-0.15, -0.1) is 0 Å². The number of hydrogen-bond acceptors (Lipinski definition) is 3. The largest absolute Gasteiger partial charge is 0.383 e. The van der Waals surface area contributed by atoms with E-state index in [1.165, 1.54) is 45.1 Å². The first-order valence-electron chi connectivity index (χ1n) is 7.13. The Hall–Kier alpha value is 0.270. The van der Waals surface area contributed by atoms with E-state index in [4.69, 9.17) is 4.74 Å². The molecule has 1 aliphatic carbocycles. The molecule has 0 N–H and O–H groups in total. The van der Waals surface area contributed by atoms with Gasteiger partial charge in [0.05, 0.1) is 6.61 Å². The maximum absolute atomic E-state index is 5.22. The number of rotatable bonds is 11. The fourth-order valence-electron chi connectivity index (χ4n) is 2.38. The van der Waals surface area contributed by atoms with Gasteiger partial charge < -0.3 is 4.74 Å². The minimum absolute atomic E-state index is 0.759. The second-order valence-corrected chi connectivity index (χ2v) is 5.69. The molecule has 1 saturated carbocycles. The lowest BCUT2D eigenvalue weighted by atomic mass is 10.1. The Morgan fingerprint density at radius 2 is 1.88 bits per heavy atom. The third kappa shape index (κ3) is 6.68. The molecule has 0 radical (unpaired) electrons. The molecule has 0 aliphatic heterocycles. The molecule has 1 fully saturated rings. The first-order chi connectivity index (χ1) is 8.29. The van der Waals surface area contributed by atoms with Crippen LogP contribution in [0.15, 0.2) is 0 Å². The molecule has 0 aromatic heterocycles. The van der Waals surface area contributed by atoms with Crippen LogP contribution in [-0.2, 0) is 4.74 Å². The molecule has 1 aliphatic rings. The molecule has 2 nitrogen and oxygen atoms in total. The monoisotopic (exact) mass is 259 g/mol. The zero-order chi connectivity index (χ0) is 12.5. The summed E-state index contributed by atoms with van der Waals surface area (Å²) in [6.07, 6.45) is 8.14. The number of unbranched alkanes of at least 4 members (excludes halogenated alkanes) is 3. The van der Waals surface area contributed by atoms with Gasteiger partial charge in [-0.3, -0.25) is 4.90 Å². The summed E-state index contributed by atoms with van der Waals surface area (Å²) >= 11 is 4.25. The lowest BCUT2D eigenvalue weighted by molar-refractivity contribution is 0.115. The second-order valence-electron chi connectivity index (χ2n) is 5.24. The Labute approximate surface area is 113 Å². The van der Waals surface area contributed by atoms with Crippen molar-refractivity contribution in [1.29, 1.82) is 0 Å². The van der Waals surface area contributed by atoms with Crippen LogP contribution >= 0.6 is 12.6 Å². The number of nitrogens with zero attached hydrogens (tertiary/aromatic N) is 1. The minimum atomic E-state index is 0.759. The first-order valence-corrected chi connectivity index (χ1v) is 7.76. The van der Waals surface area contributed by atoms with Crippen LogP contribution < -0.4 is 0 Å². The molecule has 0 aromatic carbocycles. The SMILES string of the molecule is COCCN(CCCCCCS)C(C)C1CC1. The zero-order valence-corrected chi connectivity index (χ0v) is 12.4. The summed E-state index contributed by atoms with van der Waals surface area (Å²) in [4.78, 5) is 2.63. The van der Waals surface area contributed by atoms with Crippen LogP contribution in [0, 0.1) is 5.92 Å². The van der Waals surface area contributed by atoms with Gasteiger partial charge in [0, 0.05) is 19.7 Å². The normalized spacial score (nSPS) is 17.6. The van der Waals surface area contributed by atoms with Gasteiger partial charge in [-0.2, -0.15) is 12.6 Å². The van der Waals surface area contributed by atoms with Gasteiger partial charge in [-0.25, -0.2) is 0 Å². The molecule has 102 valence electrons. The summed E-state index contributed by atoms with van der Waals surface area (Å²) in [5.74, 6) is 2.00. The van der Waals surface area contributed by atoms with E-state index in [-0.39, 0.29) is 0 Å². The van der Waals surface area contributed by atoms with Crippen LogP contribution in [0.2, 0.25) is 0 Å². The average molecular weight is 259 g/mol. The summed E-state index contributed by atoms with van der Waals surface area (Å²) in [5, 5.41) is 0. The standard InChI is InChI=1S/C14H29NOS/c1-13(14-7-8-14)15(10-11-16-2)9-5-3-4-6-12-17/h13-14,17H,3-12H2,1-2H3. The van der Waals surface area contributed by atoms with Crippen LogP contribution in [0.4, 0.5) is 0 Å². The third-order valence-corrected chi connectivity index (χ3v) is 4.13. The van der Waals surface area contributed by atoms with E-state index < -0.39 is 0 Å². The molecule has 0 spiro atoms. The molecule has 3 heteroatoms. The first kappa shape index (κ1) is 15.3. The second kappa shape index (κ2) is 9.23. The van der Waals surface area contributed by atoms with Crippen molar-refractivity contribution in [2.24, 2.45) is 5.92 Å². The number of hydrogen-bond donors (Lipinski definition) is 1. The minimum Gasteiger partial charge on any atom is -0.383 e.